The summed E-state index contributed by atoms with van der Waals surface area (Å²) in [5.74, 6) is -1.78. The summed E-state index contributed by atoms with van der Waals surface area (Å²) in [6.07, 6.45) is 3.54. The standard InChI is InChI=1S/C7H11N3O2.C4H9NO2/c1-10-4-9-3-5(10)2-6(8)7(11)12;1-5(2)3-4(6)7/h3-4,6H,2,8H2,1H3,(H,11,12);3H2,1-2H3,(H,6,7)/t6-;/m0./s1. The van der Waals surface area contributed by atoms with Crippen LogP contribution in [0.4, 0.5) is 0 Å². The fourth-order valence-corrected chi connectivity index (χ4v) is 1.16. The molecule has 0 radical (unpaired) electrons. The summed E-state index contributed by atoms with van der Waals surface area (Å²) >= 11 is 0. The van der Waals surface area contributed by atoms with Crippen molar-refractivity contribution < 1.29 is 19.8 Å². The molecule has 0 fully saturated rings. The second-order valence-corrected chi connectivity index (χ2v) is 4.28. The van der Waals surface area contributed by atoms with Gasteiger partial charge in [0.1, 0.15) is 6.04 Å². The van der Waals surface area contributed by atoms with E-state index in [9.17, 15) is 9.59 Å². The minimum absolute atomic E-state index is 0.111. The maximum Gasteiger partial charge on any atom is 0.320 e. The number of hydrogen-bond donors (Lipinski definition) is 3. The summed E-state index contributed by atoms with van der Waals surface area (Å²) in [4.78, 5) is 25.6. The van der Waals surface area contributed by atoms with E-state index in [1.54, 1.807) is 43.1 Å². The average Bonchev–Trinajstić information content (AvgIpc) is 2.63. The van der Waals surface area contributed by atoms with Gasteiger partial charge in [0, 0.05) is 25.4 Å². The molecule has 0 aliphatic heterocycles. The highest BCUT2D eigenvalue weighted by Crippen LogP contribution is 1.99. The molecule has 0 saturated carbocycles. The number of aromatic nitrogens is 2. The molecule has 4 N–H and O–H groups in total. The predicted octanol–water partition coefficient (Wildman–Crippen LogP) is -0.993. The summed E-state index contributed by atoms with van der Waals surface area (Å²) in [6.45, 7) is 0.111. The Balaban J connectivity index is 0.000000399. The van der Waals surface area contributed by atoms with Gasteiger partial charge in [0.25, 0.3) is 0 Å². The lowest BCUT2D eigenvalue weighted by molar-refractivity contribution is -0.139. The van der Waals surface area contributed by atoms with Gasteiger partial charge in [-0.1, -0.05) is 0 Å². The van der Waals surface area contributed by atoms with Gasteiger partial charge in [0.05, 0.1) is 12.9 Å². The minimum Gasteiger partial charge on any atom is -0.480 e. The molecule has 0 spiro atoms. The molecular formula is C11H20N4O4. The third-order valence-electron chi connectivity index (χ3n) is 2.11. The lowest BCUT2D eigenvalue weighted by Crippen LogP contribution is -2.32. The van der Waals surface area contributed by atoms with Crippen molar-refractivity contribution in [3.63, 3.8) is 0 Å². The van der Waals surface area contributed by atoms with Crippen LogP contribution in [0.15, 0.2) is 12.5 Å². The van der Waals surface area contributed by atoms with E-state index in [1.165, 1.54) is 0 Å². The number of rotatable bonds is 5. The van der Waals surface area contributed by atoms with Crippen LogP contribution < -0.4 is 5.73 Å². The van der Waals surface area contributed by atoms with Crippen molar-refractivity contribution in [3.05, 3.63) is 18.2 Å². The van der Waals surface area contributed by atoms with Crippen LogP contribution >= 0.6 is 0 Å². The Labute approximate surface area is 111 Å². The first-order valence-electron chi connectivity index (χ1n) is 5.54. The zero-order valence-corrected chi connectivity index (χ0v) is 11.3. The molecule has 1 aromatic rings. The second-order valence-electron chi connectivity index (χ2n) is 4.28. The first-order valence-corrected chi connectivity index (χ1v) is 5.54. The highest BCUT2D eigenvalue weighted by atomic mass is 16.4. The van der Waals surface area contributed by atoms with E-state index < -0.39 is 18.0 Å². The monoisotopic (exact) mass is 272 g/mol. The van der Waals surface area contributed by atoms with Crippen molar-refractivity contribution in [1.29, 1.82) is 0 Å². The maximum absolute atomic E-state index is 10.4. The average molecular weight is 272 g/mol. The number of carboxylic acids is 2. The van der Waals surface area contributed by atoms with Crippen molar-refractivity contribution in [2.24, 2.45) is 12.8 Å². The predicted molar refractivity (Wildman–Crippen MR) is 68.7 cm³/mol. The van der Waals surface area contributed by atoms with Gasteiger partial charge in [0.2, 0.25) is 0 Å². The molecule has 0 saturated heterocycles. The molecule has 1 heterocycles. The van der Waals surface area contributed by atoms with Crippen LogP contribution in [0, 0.1) is 0 Å². The minimum atomic E-state index is -0.990. The smallest absolute Gasteiger partial charge is 0.320 e. The molecule has 108 valence electrons. The van der Waals surface area contributed by atoms with Crippen LogP contribution in [-0.2, 0) is 23.1 Å². The maximum atomic E-state index is 10.4. The Bertz CT molecular complexity index is 417. The quantitative estimate of drug-likeness (QED) is 0.629. The molecular weight excluding hydrogens is 252 g/mol. The number of aliphatic carboxylic acids is 2. The first kappa shape index (κ1) is 17.1. The number of nitrogens with two attached hydrogens (primary N) is 1. The fraction of sp³-hybridized carbons (Fsp3) is 0.545. The van der Waals surface area contributed by atoms with E-state index in [0.717, 1.165) is 5.69 Å². The van der Waals surface area contributed by atoms with Gasteiger partial charge in [-0.3, -0.25) is 14.5 Å². The van der Waals surface area contributed by atoms with Gasteiger partial charge in [-0.15, -0.1) is 0 Å². The van der Waals surface area contributed by atoms with Crippen LogP contribution in [-0.4, -0.2) is 63.3 Å². The van der Waals surface area contributed by atoms with E-state index >= 15 is 0 Å². The van der Waals surface area contributed by atoms with Crippen LogP contribution in [0.3, 0.4) is 0 Å². The number of imidazole rings is 1. The summed E-state index contributed by atoms with van der Waals surface area (Å²) < 4.78 is 1.75. The Morgan fingerprint density at radius 1 is 1.47 bits per heavy atom. The normalized spacial score (nSPS) is 11.6. The molecule has 1 rings (SSSR count). The fourth-order valence-electron chi connectivity index (χ4n) is 1.16. The van der Waals surface area contributed by atoms with Crippen molar-refractivity contribution in [3.8, 4) is 0 Å². The zero-order chi connectivity index (χ0) is 15.0. The molecule has 0 amide bonds. The van der Waals surface area contributed by atoms with E-state index in [1.807, 2.05) is 0 Å². The molecule has 0 aromatic carbocycles. The van der Waals surface area contributed by atoms with Crippen molar-refractivity contribution in [2.45, 2.75) is 12.5 Å². The lowest BCUT2D eigenvalue weighted by Gasteiger charge is -2.05. The SMILES string of the molecule is CN(C)CC(=O)O.Cn1cncc1C[C@H](N)C(=O)O. The topological polar surface area (TPSA) is 122 Å². The van der Waals surface area contributed by atoms with Gasteiger partial charge < -0.3 is 20.5 Å². The largest absolute Gasteiger partial charge is 0.480 e. The van der Waals surface area contributed by atoms with E-state index in [2.05, 4.69) is 4.98 Å². The number of carboxylic acid groups (broad SMARTS) is 2. The number of carbonyl (C=O) groups is 2. The Hall–Kier alpha value is -1.93. The van der Waals surface area contributed by atoms with Gasteiger partial charge in [-0.2, -0.15) is 0 Å². The molecule has 0 aliphatic rings. The lowest BCUT2D eigenvalue weighted by atomic mass is 10.2. The summed E-state index contributed by atoms with van der Waals surface area (Å²) in [6, 6.07) is -0.847. The highest BCUT2D eigenvalue weighted by molar-refractivity contribution is 5.73. The van der Waals surface area contributed by atoms with E-state index in [-0.39, 0.29) is 6.54 Å². The molecule has 0 bridgehead atoms. The van der Waals surface area contributed by atoms with Gasteiger partial charge in [-0.05, 0) is 14.1 Å². The molecule has 8 heteroatoms. The Morgan fingerprint density at radius 3 is 2.32 bits per heavy atom. The third-order valence-corrected chi connectivity index (χ3v) is 2.11. The zero-order valence-electron chi connectivity index (χ0n) is 11.3. The summed E-state index contributed by atoms with van der Waals surface area (Å²) in [5.41, 5.74) is 6.16. The molecule has 8 nitrogen and oxygen atoms in total. The Morgan fingerprint density at radius 2 is 2.05 bits per heavy atom. The van der Waals surface area contributed by atoms with Crippen LogP contribution in [0.25, 0.3) is 0 Å². The van der Waals surface area contributed by atoms with Crippen LogP contribution in [0.2, 0.25) is 0 Å². The number of likely N-dealkylation sites (N-methyl/N-ethyl adjacent to an activating group) is 1. The molecule has 0 aliphatic carbocycles. The first-order chi connectivity index (χ1) is 8.73. The summed E-state index contributed by atoms with van der Waals surface area (Å²) in [5, 5.41) is 16.6. The van der Waals surface area contributed by atoms with Crippen molar-refractivity contribution in [2.75, 3.05) is 20.6 Å². The van der Waals surface area contributed by atoms with Gasteiger partial charge >= 0.3 is 11.9 Å². The third kappa shape index (κ3) is 7.90. The van der Waals surface area contributed by atoms with Gasteiger partial charge in [0.15, 0.2) is 0 Å². The van der Waals surface area contributed by atoms with E-state index in [0.29, 0.717) is 6.42 Å². The van der Waals surface area contributed by atoms with Crippen LogP contribution in [0.1, 0.15) is 5.69 Å². The molecule has 0 unspecified atom stereocenters. The molecule has 1 aromatic heterocycles. The molecule has 19 heavy (non-hydrogen) atoms. The van der Waals surface area contributed by atoms with E-state index in [4.69, 9.17) is 15.9 Å². The van der Waals surface area contributed by atoms with Crippen molar-refractivity contribution in [1.82, 2.24) is 14.5 Å². The Kier molecular flexibility index (Phi) is 7.39. The van der Waals surface area contributed by atoms with Crippen LogP contribution in [0.5, 0.6) is 0 Å². The van der Waals surface area contributed by atoms with Gasteiger partial charge in [-0.25, -0.2) is 4.98 Å². The molecule has 1 atom stereocenters. The second kappa shape index (κ2) is 8.22. The number of hydrogen-bond acceptors (Lipinski definition) is 5. The highest BCUT2D eigenvalue weighted by Gasteiger charge is 2.13. The number of nitrogens with zero attached hydrogens (tertiary/aromatic N) is 3. The summed E-state index contributed by atoms with van der Waals surface area (Å²) in [7, 11) is 5.24. The number of aryl methyl sites for hydroxylation is 1. The van der Waals surface area contributed by atoms with Crippen molar-refractivity contribution >= 4 is 11.9 Å².